The highest BCUT2D eigenvalue weighted by Gasteiger charge is 2.23. The van der Waals surface area contributed by atoms with Gasteiger partial charge in [-0.25, -0.2) is 0 Å². The van der Waals surface area contributed by atoms with Crippen LogP contribution in [0, 0.1) is 5.92 Å². The third kappa shape index (κ3) is 3.77. The number of anilines is 2. The molecule has 1 aromatic heterocycles. The molecule has 1 aliphatic carbocycles. The first kappa shape index (κ1) is 14.4. The Morgan fingerprint density at radius 2 is 2.00 bits per heavy atom. The highest BCUT2D eigenvalue weighted by molar-refractivity contribution is 5.54. The van der Waals surface area contributed by atoms with Crippen molar-refractivity contribution < 1.29 is 9.84 Å². The first-order valence-corrected chi connectivity index (χ1v) is 7.74. The van der Waals surface area contributed by atoms with E-state index in [0.717, 1.165) is 45.1 Å². The van der Waals surface area contributed by atoms with Crippen LogP contribution in [0.15, 0.2) is 12.1 Å². The Bertz CT molecular complexity index is 471. The lowest BCUT2D eigenvalue weighted by Gasteiger charge is -2.35. The fourth-order valence-electron chi connectivity index (χ4n) is 2.56. The molecule has 116 valence electrons. The Hall–Kier alpha value is -1.53. The van der Waals surface area contributed by atoms with Gasteiger partial charge >= 0.3 is 0 Å². The third-order valence-corrected chi connectivity index (χ3v) is 4.14. The minimum absolute atomic E-state index is 0.222. The van der Waals surface area contributed by atoms with E-state index in [1.165, 1.54) is 12.8 Å². The highest BCUT2D eigenvalue weighted by atomic mass is 16.5. The van der Waals surface area contributed by atoms with Crippen LogP contribution >= 0.6 is 0 Å². The lowest BCUT2D eigenvalue weighted by Crippen LogP contribution is -2.47. The number of nitrogen functional groups attached to an aromatic ring is 1. The van der Waals surface area contributed by atoms with Crippen LogP contribution in [0.1, 0.15) is 12.8 Å². The summed E-state index contributed by atoms with van der Waals surface area (Å²) in [6.45, 7) is 5.43. The minimum Gasteiger partial charge on any atom is -0.476 e. The molecule has 3 rings (SSSR count). The first-order valence-electron chi connectivity index (χ1n) is 7.74. The van der Waals surface area contributed by atoms with Crippen molar-refractivity contribution in [2.45, 2.75) is 12.8 Å². The molecule has 1 aliphatic heterocycles. The van der Waals surface area contributed by atoms with E-state index in [0.29, 0.717) is 17.5 Å². The molecule has 2 heterocycles. The average Bonchev–Trinajstić information content (AvgIpc) is 3.32. The van der Waals surface area contributed by atoms with Crippen LogP contribution in [0.5, 0.6) is 5.88 Å². The number of hydrogen-bond donors (Lipinski definition) is 2. The number of aliphatic hydroxyl groups is 1. The van der Waals surface area contributed by atoms with Crippen LogP contribution in [-0.4, -0.2) is 60.9 Å². The van der Waals surface area contributed by atoms with Crippen LogP contribution in [0.4, 0.5) is 11.5 Å². The summed E-state index contributed by atoms with van der Waals surface area (Å²) in [7, 11) is 0. The van der Waals surface area contributed by atoms with E-state index in [-0.39, 0.29) is 6.61 Å². The van der Waals surface area contributed by atoms with Crippen LogP contribution in [0.2, 0.25) is 0 Å². The number of rotatable bonds is 6. The predicted molar refractivity (Wildman–Crippen MR) is 82.6 cm³/mol. The van der Waals surface area contributed by atoms with Crippen molar-refractivity contribution in [3.63, 3.8) is 0 Å². The highest BCUT2D eigenvalue weighted by Crippen LogP contribution is 2.31. The zero-order valence-electron chi connectivity index (χ0n) is 12.4. The zero-order valence-corrected chi connectivity index (χ0v) is 12.4. The normalized spacial score (nSPS) is 19.8. The minimum atomic E-state index is 0.222. The number of nitrogens with two attached hydrogens (primary N) is 1. The maximum atomic E-state index is 8.98. The van der Waals surface area contributed by atoms with Crippen molar-refractivity contribution in [1.29, 1.82) is 0 Å². The van der Waals surface area contributed by atoms with Crippen molar-refractivity contribution >= 4 is 11.5 Å². The number of nitrogens with zero attached hydrogens (tertiary/aromatic N) is 3. The fourth-order valence-corrected chi connectivity index (χ4v) is 2.56. The molecule has 0 bridgehead atoms. The van der Waals surface area contributed by atoms with Crippen molar-refractivity contribution in [2.75, 3.05) is 56.6 Å². The summed E-state index contributed by atoms with van der Waals surface area (Å²) in [5, 5.41) is 8.98. The monoisotopic (exact) mass is 292 g/mol. The zero-order chi connectivity index (χ0) is 14.7. The van der Waals surface area contributed by atoms with Gasteiger partial charge < -0.3 is 20.5 Å². The second kappa shape index (κ2) is 6.49. The summed E-state index contributed by atoms with van der Waals surface area (Å²) in [6, 6.07) is 3.84. The van der Waals surface area contributed by atoms with Gasteiger partial charge in [0.2, 0.25) is 5.88 Å². The van der Waals surface area contributed by atoms with Crippen LogP contribution in [-0.2, 0) is 0 Å². The number of hydrogen-bond acceptors (Lipinski definition) is 6. The maximum Gasteiger partial charge on any atom is 0.239 e. The van der Waals surface area contributed by atoms with Crippen molar-refractivity contribution in [2.24, 2.45) is 5.92 Å². The van der Waals surface area contributed by atoms with Gasteiger partial charge in [-0.15, -0.1) is 0 Å². The average molecular weight is 292 g/mol. The molecule has 0 spiro atoms. The standard InChI is InChI=1S/C15H24N4O2/c16-13-3-4-14(17-15(13)21-11-12-1-2-12)19-7-5-18(6-8-19)9-10-20/h3-4,12,20H,1-2,5-11,16H2. The van der Waals surface area contributed by atoms with Crippen LogP contribution < -0.4 is 15.4 Å². The molecule has 0 amide bonds. The smallest absolute Gasteiger partial charge is 0.239 e. The Balaban J connectivity index is 1.60. The lowest BCUT2D eigenvalue weighted by atomic mass is 10.3. The van der Waals surface area contributed by atoms with Crippen LogP contribution in [0.3, 0.4) is 0 Å². The van der Waals surface area contributed by atoms with Gasteiger partial charge in [-0.3, -0.25) is 4.90 Å². The van der Waals surface area contributed by atoms with E-state index in [1.807, 2.05) is 12.1 Å². The Kier molecular flexibility index (Phi) is 4.45. The molecular weight excluding hydrogens is 268 g/mol. The van der Waals surface area contributed by atoms with Gasteiger partial charge in [0, 0.05) is 32.7 Å². The number of ether oxygens (including phenoxy) is 1. The second-order valence-corrected chi connectivity index (χ2v) is 5.87. The Labute approximate surface area is 125 Å². The molecule has 1 aromatic rings. The molecule has 0 atom stereocenters. The number of piperazine rings is 1. The van der Waals surface area contributed by atoms with Gasteiger partial charge in [0.05, 0.1) is 18.9 Å². The molecule has 3 N–H and O–H groups in total. The third-order valence-electron chi connectivity index (χ3n) is 4.14. The van der Waals surface area contributed by atoms with Gasteiger partial charge in [0.1, 0.15) is 5.82 Å². The SMILES string of the molecule is Nc1ccc(N2CCN(CCO)CC2)nc1OCC1CC1. The van der Waals surface area contributed by atoms with Gasteiger partial charge in [0.25, 0.3) is 0 Å². The molecule has 1 saturated heterocycles. The van der Waals surface area contributed by atoms with Gasteiger partial charge in [0.15, 0.2) is 0 Å². The quantitative estimate of drug-likeness (QED) is 0.798. The topological polar surface area (TPSA) is 74.9 Å². The maximum absolute atomic E-state index is 8.98. The molecule has 21 heavy (non-hydrogen) atoms. The van der Waals surface area contributed by atoms with Crippen LogP contribution in [0.25, 0.3) is 0 Å². The molecular formula is C15H24N4O2. The molecule has 6 nitrogen and oxygen atoms in total. The molecule has 1 saturated carbocycles. The number of aliphatic hydroxyl groups excluding tert-OH is 1. The van der Waals surface area contributed by atoms with Gasteiger partial charge in [-0.2, -0.15) is 4.98 Å². The molecule has 0 unspecified atom stereocenters. The van der Waals surface area contributed by atoms with Gasteiger partial charge in [-0.1, -0.05) is 0 Å². The Morgan fingerprint density at radius 1 is 1.24 bits per heavy atom. The summed E-state index contributed by atoms with van der Waals surface area (Å²) < 4.78 is 5.75. The van der Waals surface area contributed by atoms with E-state index < -0.39 is 0 Å². The van der Waals surface area contributed by atoms with Gasteiger partial charge in [-0.05, 0) is 30.9 Å². The summed E-state index contributed by atoms with van der Waals surface area (Å²) in [5.74, 6) is 2.19. The molecule has 0 radical (unpaired) electrons. The van der Waals surface area contributed by atoms with E-state index in [1.54, 1.807) is 0 Å². The predicted octanol–water partition coefficient (Wildman–Crippen LogP) is 0.567. The largest absolute Gasteiger partial charge is 0.476 e. The molecule has 2 fully saturated rings. The summed E-state index contributed by atoms with van der Waals surface area (Å²) >= 11 is 0. The summed E-state index contributed by atoms with van der Waals surface area (Å²) in [6.07, 6.45) is 2.51. The lowest BCUT2D eigenvalue weighted by molar-refractivity contribution is 0.188. The van der Waals surface area contributed by atoms with Crippen molar-refractivity contribution in [3.05, 3.63) is 12.1 Å². The van der Waals surface area contributed by atoms with E-state index in [4.69, 9.17) is 15.6 Å². The van der Waals surface area contributed by atoms with Crippen molar-refractivity contribution in [3.8, 4) is 5.88 Å². The molecule has 6 heteroatoms. The number of aromatic nitrogens is 1. The molecule has 2 aliphatic rings. The Morgan fingerprint density at radius 3 is 2.67 bits per heavy atom. The summed E-state index contributed by atoms with van der Waals surface area (Å²) in [5.41, 5.74) is 6.55. The first-order chi connectivity index (χ1) is 10.3. The number of pyridine rings is 1. The fraction of sp³-hybridized carbons (Fsp3) is 0.667. The second-order valence-electron chi connectivity index (χ2n) is 5.87. The van der Waals surface area contributed by atoms with E-state index in [9.17, 15) is 0 Å². The summed E-state index contributed by atoms with van der Waals surface area (Å²) in [4.78, 5) is 9.09. The number of β-amino-alcohol motifs (C(OH)–C–C–N with tert-alkyl or cyclic N) is 1. The van der Waals surface area contributed by atoms with E-state index in [2.05, 4.69) is 14.8 Å². The molecule has 0 aromatic carbocycles. The van der Waals surface area contributed by atoms with E-state index >= 15 is 0 Å². The van der Waals surface area contributed by atoms with Crippen molar-refractivity contribution in [1.82, 2.24) is 9.88 Å².